The van der Waals surface area contributed by atoms with Crippen LogP contribution in [0.3, 0.4) is 0 Å². The van der Waals surface area contributed by atoms with Crippen LogP contribution >= 0.6 is 0 Å². The molecule has 2 N–H and O–H groups in total. The monoisotopic (exact) mass is 213 g/mol. The zero-order chi connectivity index (χ0) is 11.0. The van der Waals surface area contributed by atoms with Crippen molar-refractivity contribution in [3.05, 3.63) is 0 Å². The number of hydrogen-bond donors (Lipinski definition) is 2. The Bertz CT molecular complexity index is 287. The topological polar surface area (TPSA) is 77.8 Å². The first-order valence-corrected chi connectivity index (χ1v) is 5.28. The van der Waals surface area contributed by atoms with E-state index in [1.54, 1.807) is 0 Å². The predicted octanol–water partition coefficient (Wildman–Crippen LogP) is -0.167. The summed E-state index contributed by atoms with van der Waals surface area (Å²) in [5, 5.41) is 18.3. The van der Waals surface area contributed by atoms with Crippen LogP contribution in [0.2, 0.25) is 0 Å². The third-order valence-electron chi connectivity index (χ3n) is 3.05. The molecule has 5 nitrogen and oxygen atoms in total. The fraction of sp³-hybridized carbons (Fsp3) is 0.800. The van der Waals surface area contributed by atoms with Crippen molar-refractivity contribution in [2.75, 3.05) is 6.54 Å². The highest BCUT2D eigenvalue weighted by molar-refractivity contribution is 5.85. The Morgan fingerprint density at radius 1 is 1.53 bits per heavy atom. The number of β-amino-alcohol motifs (C(OH)–C–C–N with tert-alkyl or cyclic N) is 1. The Labute approximate surface area is 87.7 Å². The minimum Gasteiger partial charge on any atom is -0.480 e. The van der Waals surface area contributed by atoms with Crippen molar-refractivity contribution in [2.45, 2.75) is 37.8 Å². The van der Waals surface area contributed by atoms with Gasteiger partial charge in [0.25, 0.3) is 0 Å². The molecule has 0 radical (unpaired) electrons. The van der Waals surface area contributed by atoms with Gasteiger partial charge in [-0.2, -0.15) is 0 Å². The standard InChI is InChI=1S/C10H15NO4/c12-7-4-9(13)11(5-7)8(10(14)15)3-6-1-2-6/h6-8,12H,1-5H2,(H,14,15). The van der Waals surface area contributed by atoms with Gasteiger partial charge in [0.1, 0.15) is 6.04 Å². The molecule has 15 heavy (non-hydrogen) atoms. The van der Waals surface area contributed by atoms with E-state index in [4.69, 9.17) is 5.11 Å². The maximum Gasteiger partial charge on any atom is 0.326 e. The predicted molar refractivity (Wildman–Crippen MR) is 51.1 cm³/mol. The smallest absolute Gasteiger partial charge is 0.326 e. The van der Waals surface area contributed by atoms with Crippen molar-refractivity contribution >= 4 is 11.9 Å². The molecule has 84 valence electrons. The lowest BCUT2D eigenvalue weighted by Crippen LogP contribution is -2.42. The Morgan fingerprint density at radius 3 is 2.60 bits per heavy atom. The van der Waals surface area contributed by atoms with Crippen LogP contribution in [0.25, 0.3) is 0 Å². The molecule has 0 spiro atoms. The SMILES string of the molecule is O=C(O)C(CC1CC1)N1CC(O)CC1=O. The number of aliphatic hydroxyl groups is 1. The first kappa shape index (κ1) is 10.4. The maximum atomic E-state index is 11.4. The summed E-state index contributed by atoms with van der Waals surface area (Å²) < 4.78 is 0. The van der Waals surface area contributed by atoms with Crippen molar-refractivity contribution in [2.24, 2.45) is 5.92 Å². The second kappa shape index (κ2) is 3.81. The Morgan fingerprint density at radius 2 is 2.20 bits per heavy atom. The molecule has 1 saturated heterocycles. The van der Waals surface area contributed by atoms with Gasteiger partial charge in [0.05, 0.1) is 12.5 Å². The third-order valence-corrected chi connectivity index (χ3v) is 3.05. The van der Waals surface area contributed by atoms with Gasteiger partial charge in [-0.05, 0) is 12.3 Å². The van der Waals surface area contributed by atoms with Crippen molar-refractivity contribution in [1.82, 2.24) is 4.90 Å². The summed E-state index contributed by atoms with van der Waals surface area (Å²) in [5.41, 5.74) is 0. The van der Waals surface area contributed by atoms with Crippen LogP contribution in [-0.2, 0) is 9.59 Å². The second-order valence-electron chi connectivity index (χ2n) is 4.44. The van der Waals surface area contributed by atoms with E-state index in [1.165, 1.54) is 4.90 Å². The Balaban J connectivity index is 2.02. The van der Waals surface area contributed by atoms with Crippen LogP contribution in [0.4, 0.5) is 0 Å². The van der Waals surface area contributed by atoms with Crippen molar-refractivity contribution in [3.63, 3.8) is 0 Å². The average molecular weight is 213 g/mol. The minimum absolute atomic E-state index is 0.0639. The largest absolute Gasteiger partial charge is 0.480 e. The van der Waals surface area contributed by atoms with E-state index in [0.717, 1.165) is 12.8 Å². The fourth-order valence-electron chi connectivity index (χ4n) is 2.04. The first-order chi connectivity index (χ1) is 7.08. The van der Waals surface area contributed by atoms with Crippen LogP contribution < -0.4 is 0 Å². The van der Waals surface area contributed by atoms with Gasteiger partial charge in [-0.1, -0.05) is 12.8 Å². The van der Waals surface area contributed by atoms with Crippen molar-refractivity contribution in [3.8, 4) is 0 Å². The molecule has 2 rings (SSSR count). The zero-order valence-electron chi connectivity index (χ0n) is 8.43. The van der Waals surface area contributed by atoms with Gasteiger partial charge in [0.2, 0.25) is 5.91 Å². The minimum atomic E-state index is -0.954. The van der Waals surface area contributed by atoms with E-state index in [9.17, 15) is 14.7 Å². The van der Waals surface area contributed by atoms with Crippen molar-refractivity contribution in [1.29, 1.82) is 0 Å². The molecule has 0 aromatic rings. The number of nitrogens with zero attached hydrogens (tertiary/aromatic N) is 1. The molecular weight excluding hydrogens is 198 g/mol. The molecule has 0 aromatic carbocycles. The van der Waals surface area contributed by atoms with Gasteiger partial charge in [0, 0.05) is 6.54 Å². The van der Waals surface area contributed by atoms with E-state index in [-0.39, 0.29) is 18.9 Å². The molecule has 0 aromatic heterocycles. The number of carbonyl (C=O) groups is 2. The molecule has 1 saturated carbocycles. The van der Waals surface area contributed by atoms with Gasteiger partial charge in [-0.3, -0.25) is 4.79 Å². The van der Waals surface area contributed by atoms with E-state index in [1.807, 2.05) is 0 Å². The van der Waals surface area contributed by atoms with Gasteiger partial charge in [0.15, 0.2) is 0 Å². The normalized spacial score (nSPS) is 28.2. The summed E-state index contributed by atoms with van der Waals surface area (Å²) >= 11 is 0. The van der Waals surface area contributed by atoms with E-state index in [0.29, 0.717) is 12.3 Å². The summed E-state index contributed by atoms with van der Waals surface area (Å²) in [6, 6.07) is -0.734. The van der Waals surface area contributed by atoms with Crippen LogP contribution in [0.5, 0.6) is 0 Å². The van der Waals surface area contributed by atoms with E-state index >= 15 is 0 Å². The van der Waals surface area contributed by atoms with Gasteiger partial charge >= 0.3 is 5.97 Å². The van der Waals surface area contributed by atoms with Crippen LogP contribution in [0.1, 0.15) is 25.7 Å². The summed E-state index contributed by atoms with van der Waals surface area (Å²) in [6.45, 7) is 0.169. The van der Waals surface area contributed by atoms with E-state index in [2.05, 4.69) is 0 Å². The number of rotatable bonds is 4. The third kappa shape index (κ3) is 2.28. The molecule has 1 aliphatic carbocycles. The summed E-state index contributed by atoms with van der Waals surface area (Å²) in [6.07, 6.45) is 2.03. The van der Waals surface area contributed by atoms with E-state index < -0.39 is 18.1 Å². The van der Waals surface area contributed by atoms with Crippen LogP contribution in [0.15, 0.2) is 0 Å². The number of hydrogen-bond acceptors (Lipinski definition) is 3. The lowest BCUT2D eigenvalue weighted by Gasteiger charge is -2.24. The summed E-state index contributed by atoms with van der Waals surface area (Å²) in [4.78, 5) is 23.8. The van der Waals surface area contributed by atoms with Crippen LogP contribution in [-0.4, -0.2) is 45.7 Å². The lowest BCUT2D eigenvalue weighted by molar-refractivity contribution is -0.148. The van der Waals surface area contributed by atoms with Gasteiger partial charge in [-0.15, -0.1) is 0 Å². The Kier molecular flexibility index (Phi) is 2.65. The molecule has 2 atom stereocenters. The van der Waals surface area contributed by atoms with Gasteiger partial charge < -0.3 is 15.1 Å². The highest BCUT2D eigenvalue weighted by Crippen LogP contribution is 2.35. The number of carboxylic acids is 1. The number of carboxylic acid groups (broad SMARTS) is 1. The molecule has 2 unspecified atom stereocenters. The molecule has 1 heterocycles. The number of aliphatic hydroxyl groups excluding tert-OH is 1. The van der Waals surface area contributed by atoms with Crippen LogP contribution in [0, 0.1) is 5.92 Å². The second-order valence-corrected chi connectivity index (χ2v) is 4.44. The molecule has 0 bridgehead atoms. The molecule has 2 aliphatic rings. The Hall–Kier alpha value is -1.10. The average Bonchev–Trinajstić information content (AvgIpc) is 2.88. The first-order valence-electron chi connectivity index (χ1n) is 5.28. The fourth-order valence-corrected chi connectivity index (χ4v) is 2.04. The van der Waals surface area contributed by atoms with Crippen molar-refractivity contribution < 1.29 is 19.8 Å². The highest BCUT2D eigenvalue weighted by atomic mass is 16.4. The highest BCUT2D eigenvalue weighted by Gasteiger charge is 2.39. The maximum absolute atomic E-state index is 11.4. The van der Waals surface area contributed by atoms with Gasteiger partial charge in [-0.25, -0.2) is 4.79 Å². The molecule has 1 amide bonds. The number of likely N-dealkylation sites (tertiary alicyclic amines) is 1. The number of amides is 1. The molecule has 2 fully saturated rings. The number of aliphatic carboxylic acids is 1. The zero-order valence-corrected chi connectivity index (χ0v) is 8.43. The molecular formula is C10H15NO4. The number of carbonyl (C=O) groups excluding carboxylic acids is 1. The lowest BCUT2D eigenvalue weighted by atomic mass is 10.1. The quantitative estimate of drug-likeness (QED) is 0.679. The summed E-state index contributed by atoms with van der Waals surface area (Å²) in [5.74, 6) is -0.739. The molecule has 1 aliphatic heterocycles. The molecule has 5 heteroatoms. The summed E-state index contributed by atoms with van der Waals surface area (Å²) in [7, 11) is 0.